The molecule has 2 aromatic rings. The van der Waals surface area contributed by atoms with Crippen molar-refractivity contribution in [2.75, 3.05) is 19.0 Å². The molecule has 0 aliphatic rings. The highest BCUT2D eigenvalue weighted by Crippen LogP contribution is 2.35. The monoisotopic (exact) mass is 356 g/mol. The van der Waals surface area contributed by atoms with Gasteiger partial charge in [0.15, 0.2) is 12.0 Å². The lowest BCUT2D eigenvalue weighted by Crippen LogP contribution is -2.11. The summed E-state index contributed by atoms with van der Waals surface area (Å²) in [6, 6.07) is 0. The predicted molar refractivity (Wildman–Crippen MR) is 86.5 cm³/mol. The number of carbonyl (C=O) groups is 3. The van der Waals surface area contributed by atoms with Crippen LogP contribution in [-0.2, 0) is 14.3 Å². The van der Waals surface area contributed by atoms with Crippen LogP contribution in [0.1, 0.15) is 40.4 Å². The van der Waals surface area contributed by atoms with Gasteiger partial charge in [-0.05, 0) is 20.8 Å². The van der Waals surface area contributed by atoms with E-state index >= 15 is 0 Å². The molecule has 0 saturated carbocycles. The summed E-state index contributed by atoms with van der Waals surface area (Å²) in [7, 11) is 0. The van der Waals surface area contributed by atoms with Gasteiger partial charge < -0.3 is 9.47 Å². The van der Waals surface area contributed by atoms with E-state index in [1.54, 1.807) is 20.8 Å². The standard InChI is InChI=1S/C14H16N2O5S2/c1-4-20-10(18)7-22-14-11(13(19)21-5-2)16-12(23-14)9(6-17)8(3)15-16/h6H,4-5,7H2,1-3H3. The number of aryl methyl sites for hydroxylation is 1. The van der Waals surface area contributed by atoms with E-state index < -0.39 is 5.97 Å². The van der Waals surface area contributed by atoms with Gasteiger partial charge in [-0.3, -0.25) is 9.59 Å². The summed E-state index contributed by atoms with van der Waals surface area (Å²) >= 11 is 2.40. The number of esters is 2. The summed E-state index contributed by atoms with van der Waals surface area (Å²) in [5.41, 5.74) is 1.21. The fourth-order valence-corrected chi connectivity index (χ4v) is 4.17. The smallest absolute Gasteiger partial charge is 0.359 e. The second-order valence-corrected chi connectivity index (χ2v) is 6.63. The number of rotatable bonds is 7. The van der Waals surface area contributed by atoms with E-state index in [1.807, 2.05) is 0 Å². The summed E-state index contributed by atoms with van der Waals surface area (Å²) in [5, 5.41) is 4.24. The molecule has 124 valence electrons. The Balaban J connectivity index is 2.43. The van der Waals surface area contributed by atoms with E-state index in [0.29, 0.717) is 33.2 Å². The van der Waals surface area contributed by atoms with Gasteiger partial charge in [0, 0.05) is 0 Å². The van der Waals surface area contributed by atoms with Crippen LogP contribution in [0.3, 0.4) is 0 Å². The molecule has 9 heteroatoms. The Kier molecular flexibility index (Phi) is 5.78. The van der Waals surface area contributed by atoms with Gasteiger partial charge in [-0.25, -0.2) is 9.31 Å². The topological polar surface area (TPSA) is 87.0 Å². The molecule has 7 nitrogen and oxygen atoms in total. The van der Waals surface area contributed by atoms with Crippen LogP contribution in [0, 0.1) is 6.92 Å². The lowest BCUT2D eigenvalue weighted by atomic mass is 10.3. The average molecular weight is 356 g/mol. The first-order chi connectivity index (χ1) is 11.0. The van der Waals surface area contributed by atoms with Gasteiger partial charge in [0.1, 0.15) is 4.83 Å². The molecule has 0 radical (unpaired) electrons. The van der Waals surface area contributed by atoms with Crippen molar-refractivity contribution in [2.24, 2.45) is 0 Å². The highest BCUT2D eigenvalue weighted by Gasteiger charge is 2.25. The molecule has 0 bridgehead atoms. The molecule has 0 aliphatic carbocycles. The molecule has 0 fully saturated rings. The Hall–Kier alpha value is -1.87. The van der Waals surface area contributed by atoms with Crippen molar-refractivity contribution in [3.8, 4) is 0 Å². The maximum Gasteiger partial charge on any atom is 0.359 e. The number of aromatic nitrogens is 2. The first-order valence-corrected chi connectivity index (χ1v) is 8.76. The number of thiazole rings is 1. The van der Waals surface area contributed by atoms with E-state index in [9.17, 15) is 14.4 Å². The third kappa shape index (κ3) is 3.56. The Morgan fingerprint density at radius 3 is 2.61 bits per heavy atom. The molecule has 0 spiro atoms. The van der Waals surface area contributed by atoms with Crippen LogP contribution in [0.25, 0.3) is 4.83 Å². The number of thioether (sulfide) groups is 1. The molecule has 0 aromatic carbocycles. The molecular weight excluding hydrogens is 340 g/mol. The van der Waals surface area contributed by atoms with Crippen LogP contribution >= 0.6 is 23.1 Å². The summed E-state index contributed by atoms with van der Waals surface area (Å²) in [5.74, 6) is -0.838. The van der Waals surface area contributed by atoms with E-state index in [-0.39, 0.29) is 24.0 Å². The first-order valence-electron chi connectivity index (χ1n) is 6.96. The minimum absolute atomic E-state index is 0.0688. The maximum absolute atomic E-state index is 12.2. The SMILES string of the molecule is CCOC(=O)CSc1sc2c(C=O)c(C)nn2c1C(=O)OCC. The number of carbonyl (C=O) groups excluding carboxylic acids is 3. The van der Waals surface area contributed by atoms with Crippen molar-refractivity contribution >= 4 is 46.2 Å². The fraction of sp³-hybridized carbons (Fsp3) is 0.429. The van der Waals surface area contributed by atoms with Crippen LogP contribution in [-0.4, -0.2) is 46.8 Å². The molecule has 0 N–H and O–H groups in total. The minimum atomic E-state index is -0.537. The zero-order chi connectivity index (χ0) is 17.0. The number of hydrogen-bond acceptors (Lipinski definition) is 8. The number of nitrogens with zero attached hydrogens (tertiary/aromatic N) is 2. The molecule has 0 saturated heterocycles. The van der Waals surface area contributed by atoms with Crippen molar-refractivity contribution in [3.05, 3.63) is 17.0 Å². The van der Waals surface area contributed by atoms with Gasteiger partial charge in [0.25, 0.3) is 0 Å². The van der Waals surface area contributed by atoms with Gasteiger partial charge in [-0.2, -0.15) is 5.10 Å². The van der Waals surface area contributed by atoms with Crippen molar-refractivity contribution in [1.82, 2.24) is 9.61 Å². The molecule has 2 aromatic heterocycles. The minimum Gasteiger partial charge on any atom is -0.465 e. The van der Waals surface area contributed by atoms with Crippen molar-refractivity contribution < 1.29 is 23.9 Å². The van der Waals surface area contributed by atoms with Crippen LogP contribution in [0.5, 0.6) is 0 Å². The van der Waals surface area contributed by atoms with Gasteiger partial charge >= 0.3 is 11.9 Å². The third-order valence-electron chi connectivity index (χ3n) is 2.87. The summed E-state index contributed by atoms with van der Waals surface area (Å²) in [6.07, 6.45) is 0.711. The van der Waals surface area contributed by atoms with E-state index in [0.717, 1.165) is 0 Å². The lowest BCUT2D eigenvalue weighted by molar-refractivity contribution is -0.139. The van der Waals surface area contributed by atoms with E-state index in [1.165, 1.54) is 27.6 Å². The zero-order valence-electron chi connectivity index (χ0n) is 13.0. The molecule has 0 aliphatic heterocycles. The maximum atomic E-state index is 12.2. The van der Waals surface area contributed by atoms with Crippen LogP contribution in [0.2, 0.25) is 0 Å². The Morgan fingerprint density at radius 1 is 1.30 bits per heavy atom. The molecule has 23 heavy (non-hydrogen) atoms. The van der Waals surface area contributed by atoms with Crippen LogP contribution in [0.15, 0.2) is 4.21 Å². The summed E-state index contributed by atoms with van der Waals surface area (Å²) in [6.45, 7) is 5.65. The summed E-state index contributed by atoms with van der Waals surface area (Å²) < 4.78 is 11.9. The molecule has 0 amide bonds. The van der Waals surface area contributed by atoms with E-state index in [2.05, 4.69) is 5.10 Å². The Bertz CT molecular complexity index is 750. The van der Waals surface area contributed by atoms with Gasteiger partial charge in [-0.15, -0.1) is 23.1 Å². The fourth-order valence-electron chi connectivity index (χ4n) is 1.92. The second-order valence-electron chi connectivity index (χ2n) is 4.39. The van der Waals surface area contributed by atoms with Gasteiger partial charge in [0.05, 0.1) is 34.4 Å². The first kappa shape index (κ1) is 17.5. The number of hydrogen-bond donors (Lipinski definition) is 0. The van der Waals surface area contributed by atoms with Gasteiger partial charge in [-0.1, -0.05) is 0 Å². The number of fused-ring (bicyclic) bond motifs is 1. The molecular formula is C14H16N2O5S2. The second kappa shape index (κ2) is 7.60. The highest BCUT2D eigenvalue weighted by atomic mass is 32.2. The van der Waals surface area contributed by atoms with Crippen LogP contribution < -0.4 is 0 Å². The summed E-state index contributed by atoms with van der Waals surface area (Å²) in [4.78, 5) is 35.5. The zero-order valence-corrected chi connectivity index (χ0v) is 14.6. The highest BCUT2D eigenvalue weighted by molar-refractivity contribution is 8.01. The molecule has 2 heterocycles. The predicted octanol–water partition coefficient (Wildman–Crippen LogP) is 2.35. The van der Waals surface area contributed by atoms with E-state index in [4.69, 9.17) is 9.47 Å². The largest absolute Gasteiger partial charge is 0.465 e. The quantitative estimate of drug-likeness (QED) is 0.427. The molecule has 0 atom stereocenters. The lowest BCUT2D eigenvalue weighted by Gasteiger charge is -2.04. The van der Waals surface area contributed by atoms with Crippen LogP contribution in [0.4, 0.5) is 0 Å². The molecule has 2 rings (SSSR count). The molecule has 0 unspecified atom stereocenters. The third-order valence-corrected chi connectivity index (χ3v) is 5.27. The Labute approximate surface area is 140 Å². The number of ether oxygens (including phenoxy) is 2. The van der Waals surface area contributed by atoms with Crippen molar-refractivity contribution in [2.45, 2.75) is 25.0 Å². The van der Waals surface area contributed by atoms with Gasteiger partial charge in [0.2, 0.25) is 0 Å². The normalized spacial score (nSPS) is 10.7. The van der Waals surface area contributed by atoms with Crippen molar-refractivity contribution in [1.29, 1.82) is 0 Å². The number of aldehydes is 1. The van der Waals surface area contributed by atoms with Crippen molar-refractivity contribution in [3.63, 3.8) is 0 Å². The Morgan fingerprint density at radius 2 is 2.00 bits per heavy atom. The average Bonchev–Trinajstić information content (AvgIpc) is 2.99.